The van der Waals surface area contributed by atoms with Crippen LogP contribution >= 0.6 is 0 Å². The van der Waals surface area contributed by atoms with E-state index < -0.39 is 0 Å². The largest absolute Gasteiger partial charge is 0.380 e. The molecule has 16 heavy (non-hydrogen) atoms. The number of hydrogen-bond acceptors (Lipinski definition) is 2. The number of halogens is 1. The summed E-state index contributed by atoms with van der Waals surface area (Å²) < 4.78 is 18.2. The third-order valence-corrected chi connectivity index (χ3v) is 3.02. The predicted molar refractivity (Wildman–Crippen MR) is 61.8 cm³/mol. The zero-order chi connectivity index (χ0) is 11.4. The van der Waals surface area contributed by atoms with E-state index in [9.17, 15) is 4.39 Å². The van der Waals surface area contributed by atoms with E-state index in [0.717, 1.165) is 31.6 Å². The van der Waals surface area contributed by atoms with Crippen LogP contribution in [0.25, 0.3) is 0 Å². The molecule has 88 valence electrons. The van der Waals surface area contributed by atoms with Crippen molar-refractivity contribution in [2.24, 2.45) is 0 Å². The van der Waals surface area contributed by atoms with Crippen LogP contribution in [0, 0.1) is 5.82 Å². The van der Waals surface area contributed by atoms with Crippen molar-refractivity contribution in [3.8, 4) is 0 Å². The van der Waals surface area contributed by atoms with Crippen molar-refractivity contribution in [2.75, 3.05) is 13.2 Å². The summed E-state index contributed by atoms with van der Waals surface area (Å²) in [4.78, 5) is 0. The van der Waals surface area contributed by atoms with E-state index >= 15 is 0 Å². The van der Waals surface area contributed by atoms with Gasteiger partial charge in [0.05, 0.1) is 6.61 Å². The minimum Gasteiger partial charge on any atom is -0.380 e. The van der Waals surface area contributed by atoms with Gasteiger partial charge in [0, 0.05) is 18.7 Å². The summed E-state index contributed by atoms with van der Waals surface area (Å²) in [5.74, 6) is -0.183. The van der Waals surface area contributed by atoms with Crippen LogP contribution in [0.15, 0.2) is 24.3 Å². The molecule has 0 spiro atoms. The highest BCUT2D eigenvalue weighted by atomic mass is 19.1. The fraction of sp³-hybridized carbons (Fsp3) is 0.538. The fourth-order valence-corrected chi connectivity index (χ4v) is 2.07. The molecule has 2 nitrogen and oxygen atoms in total. The molecule has 2 atom stereocenters. The zero-order valence-corrected chi connectivity index (χ0v) is 9.58. The lowest BCUT2D eigenvalue weighted by Gasteiger charge is -2.26. The molecule has 1 fully saturated rings. The molecular weight excluding hydrogens is 205 g/mol. The molecule has 1 aromatic carbocycles. The van der Waals surface area contributed by atoms with Gasteiger partial charge in [-0.15, -0.1) is 0 Å². The van der Waals surface area contributed by atoms with Crippen molar-refractivity contribution in [3.05, 3.63) is 35.6 Å². The molecule has 2 rings (SSSR count). The molecule has 1 unspecified atom stereocenters. The Kier molecular flexibility index (Phi) is 3.91. The molecule has 3 heteroatoms. The van der Waals surface area contributed by atoms with Crippen molar-refractivity contribution < 1.29 is 9.13 Å². The van der Waals surface area contributed by atoms with Crippen LogP contribution in [-0.4, -0.2) is 19.3 Å². The van der Waals surface area contributed by atoms with Gasteiger partial charge in [0.2, 0.25) is 0 Å². The molecule has 0 bridgehead atoms. The minimum atomic E-state index is -0.183. The second-order valence-electron chi connectivity index (χ2n) is 4.35. The number of benzene rings is 1. The predicted octanol–water partition coefficient (Wildman–Crippen LogP) is 2.66. The highest BCUT2D eigenvalue weighted by Gasteiger charge is 2.16. The Morgan fingerprint density at radius 2 is 2.12 bits per heavy atom. The lowest BCUT2D eigenvalue weighted by Crippen LogP contribution is -2.38. The van der Waals surface area contributed by atoms with Crippen molar-refractivity contribution in [1.82, 2.24) is 5.32 Å². The highest BCUT2D eigenvalue weighted by molar-refractivity contribution is 5.19. The maximum atomic E-state index is 12.8. The molecule has 1 heterocycles. The summed E-state index contributed by atoms with van der Waals surface area (Å²) in [7, 11) is 0. The second-order valence-corrected chi connectivity index (χ2v) is 4.35. The highest BCUT2D eigenvalue weighted by Crippen LogP contribution is 2.16. The Morgan fingerprint density at radius 3 is 2.75 bits per heavy atom. The van der Waals surface area contributed by atoms with Gasteiger partial charge in [-0.05, 0) is 37.5 Å². The first kappa shape index (κ1) is 11.6. The molecule has 1 aromatic rings. The number of rotatable bonds is 3. The quantitative estimate of drug-likeness (QED) is 0.850. The molecule has 1 saturated heterocycles. The van der Waals surface area contributed by atoms with Gasteiger partial charge in [0.25, 0.3) is 0 Å². The van der Waals surface area contributed by atoms with Crippen LogP contribution in [0.1, 0.15) is 31.4 Å². The van der Waals surface area contributed by atoms with Gasteiger partial charge < -0.3 is 10.1 Å². The molecule has 0 saturated carbocycles. The zero-order valence-electron chi connectivity index (χ0n) is 9.58. The van der Waals surface area contributed by atoms with E-state index in [1.54, 1.807) is 0 Å². The molecule has 1 aliphatic rings. The maximum absolute atomic E-state index is 12.8. The Morgan fingerprint density at radius 1 is 1.38 bits per heavy atom. The summed E-state index contributed by atoms with van der Waals surface area (Å²) in [5, 5.41) is 3.51. The lowest BCUT2D eigenvalue weighted by molar-refractivity contribution is 0.0671. The monoisotopic (exact) mass is 223 g/mol. The maximum Gasteiger partial charge on any atom is 0.123 e. The van der Waals surface area contributed by atoms with Crippen LogP contribution in [0.3, 0.4) is 0 Å². The molecule has 1 N–H and O–H groups in total. The van der Waals surface area contributed by atoms with Gasteiger partial charge in [0.15, 0.2) is 0 Å². The SMILES string of the molecule is C[C@H](NC1CCCOC1)c1ccc(F)cc1. The lowest BCUT2D eigenvalue weighted by atomic mass is 10.0. The molecule has 0 radical (unpaired) electrons. The number of hydrogen-bond donors (Lipinski definition) is 1. The second kappa shape index (κ2) is 5.41. The van der Waals surface area contributed by atoms with Gasteiger partial charge in [-0.25, -0.2) is 4.39 Å². The summed E-state index contributed by atoms with van der Waals surface area (Å²) in [6, 6.07) is 7.34. The molecule has 0 amide bonds. The van der Waals surface area contributed by atoms with E-state index in [4.69, 9.17) is 4.74 Å². The van der Waals surface area contributed by atoms with Crippen LogP contribution in [0.5, 0.6) is 0 Å². The van der Waals surface area contributed by atoms with Crippen LogP contribution in [0.2, 0.25) is 0 Å². The summed E-state index contributed by atoms with van der Waals surface area (Å²) in [6.07, 6.45) is 2.28. The van der Waals surface area contributed by atoms with Crippen LogP contribution in [0.4, 0.5) is 4.39 Å². The molecule has 0 aliphatic carbocycles. The fourth-order valence-electron chi connectivity index (χ4n) is 2.07. The van der Waals surface area contributed by atoms with E-state index in [2.05, 4.69) is 12.2 Å². The molecular formula is C13H18FNO. The van der Waals surface area contributed by atoms with Crippen LogP contribution < -0.4 is 5.32 Å². The van der Waals surface area contributed by atoms with Gasteiger partial charge >= 0.3 is 0 Å². The Hall–Kier alpha value is -0.930. The van der Waals surface area contributed by atoms with Crippen LogP contribution in [-0.2, 0) is 4.74 Å². The summed E-state index contributed by atoms with van der Waals surface area (Å²) >= 11 is 0. The van der Waals surface area contributed by atoms with E-state index in [0.29, 0.717) is 6.04 Å². The summed E-state index contributed by atoms with van der Waals surface area (Å²) in [5.41, 5.74) is 1.12. The van der Waals surface area contributed by atoms with Gasteiger partial charge in [-0.2, -0.15) is 0 Å². The normalized spacial score (nSPS) is 23.0. The minimum absolute atomic E-state index is 0.183. The first-order valence-electron chi connectivity index (χ1n) is 5.85. The number of ether oxygens (including phenoxy) is 1. The smallest absolute Gasteiger partial charge is 0.123 e. The Balaban J connectivity index is 1.91. The van der Waals surface area contributed by atoms with Gasteiger partial charge in [-0.3, -0.25) is 0 Å². The van der Waals surface area contributed by atoms with Gasteiger partial charge in [0.1, 0.15) is 5.82 Å². The van der Waals surface area contributed by atoms with E-state index in [1.807, 2.05) is 12.1 Å². The average molecular weight is 223 g/mol. The van der Waals surface area contributed by atoms with Gasteiger partial charge in [-0.1, -0.05) is 12.1 Å². The van der Waals surface area contributed by atoms with Crippen molar-refractivity contribution in [1.29, 1.82) is 0 Å². The Bertz CT molecular complexity index is 319. The topological polar surface area (TPSA) is 21.3 Å². The standard InChI is InChI=1S/C13H18FNO/c1-10(11-4-6-12(14)7-5-11)15-13-3-2-8-16-9-13/h4-7,10,13,15H,2-3,8-9H2,1H3/t10-,13?/m0/s1. The molecule has 1 aliphatic heterocycles. The molecule has 0 aromatic heterocycles. The third-order valence-electron chi connectivity index (χ3n) is 3.02. The first-order valence-corrected chi connectivity index (χ1v) is 5.85. The van der Waals surface area contributed by atoms with Crippen molar-refractivity contribution >= 4 is 0 Å². The third kappa shape index (κ3) is 3.03. The average Bonchev–Trinajstić information content (AvgIpc) is 2.31. The first-order chi connectivity index (χ1) is 7.75. The summed E-state index contributed by atoms with van der Waals surface area (Å²) in [6.45, 7) is 3.76. The Labute approximate surface area is 95.8 Å². The van der Waals surface area contributed by atoms with Crippen molar-refractivity contribution in [3.63, 3.8) is 0 Å². The van der Waals surface area contributed by atoms with E-state index in [-0.39, 0.29) is 11.9 Å². The van der Waals surface area contributed by atoms with E-state index in [1.165, 1.54) is 12.1 Å². The number of nitrogens with one attached hydrogen (secondary N) is 1. The van der Waals surface area contributed by atoms with Crippen molar-refractivity contribution in [2.45, 2.75) is 31.8 Å².